The molecule has 0 aromatic heterocycles. The first-order valence-electron chi connectivity index (χ1n) is 12.5. The van der Waals surface area contributed by atoms with Crippen LogP contribution in [0, 0.1) is 5.82 Å². The molecule has 1 N–H and O–H groups in total. The van der Waals surface area contributed by atoms with Gasteiger partial charge in [0.05, 0.1) is 17.7 Å². The first-order valence-corrected chi connectivity index (χ1v) is 12.5. The number of anilines is 1. The minimum atomic E-state index is -4.96. The Hall–Kier alpha value is -3.31. The molecule has 3 aromatic rings. The summed E-state index contributed by atoms with van der Waals surface area (Å²) in [7, 11) is 0. The van der Waals surface area contributed by atoms with Crippen LogP contribution in [-0.2, 0) is 35.0 Å². The lowest BCUT2D eigenvalue weighted by molar-refractivity contribution is -0.166. The van der Waals surface area contributed by atoms with Gasteiger partial charge in [0.1, 0.15) is 29.4 Å². The third-order valence-corrected chi connectivity index (χ3v) is 6.48. The fraction of sp³-hybridized carbons (Fsp3) is 0.379. The Morgan fingerprint density at radius 1 is 0.825 bits per heavy atom. The maximum absolute atomic E-state index is 13.3. The fourth-order valence-electron chi connectivity index (χ4n) is 4.58. The van der Waals surface area contributed by atoms with Gasteiger partial charge in [-0.1, -0.05) is 12.1 Å². The standard InChI is InChI=1S/C29H28F7NO3/c1-4-38-25-23-14-22(37-15-17-5-7-21(30)8-6-17)9-10-24(23)40-27(2,3)26(25)39-16-18-11-19(28(31,32)33)13-20(12-18)29(34,35)36/h5-14,25-26,37H,4,15-16H2,1-3H3. The lowest BCUT2D eigenvalue weighted by Gasteiger charge is -2.44. The van der Waals surface area contributed by atoms with E-state index in [1.54, 1.807) is 51.1 Å². The predicted molar refractivity (Wildman–Crippen MR) is 134 cm³/mol. The summed E-state index contributed by atoms with van der Waals surface area (Å²) in [6, 6.07) is 12.7. The highest BCUT2D eigenvalue weighted by atomic mass is 19.4. The van der Waals surface area contributed by atoms with E-state index in [1.807, 2.05) is 0 Å². The highest BCUT2D eigenvalue weighted by Gasteiger charge is 2.46. The van der Waals surface area contributed by atoms with Gasteiger partial charge in [-0.15, -0.1) is 0 Å². The maximum atomic E-state index is 13.3. The van der Waals surface area contributed by atoms with Gasteiger partial charge in [-0.2, -0.15) is 26.3 Å². The van der Waals surface area contributed by atoms with E-state index < -0.39 is 47.9 Å². The largest absolute Gasteiger partial charge is 0.485 e. The van der Waals surface area contributed by atoms with E-state index in [0.717, 1.165) is 5.56 Å². The number of ether oxygens (including phenoxy) is 3. The Labute approximate surface area is 227 Å². The summed E-state index contributed by atoms with van der Waals surface area (Å²) in [4.78, 5) is 0. The number of nitrogens with one attached hydrogen (secondary N) is 1. The topological polar surface area (TPSA) is 39.7 Å². The predicted octanol–water partition coefficient (Wildman–Crippen LogP) is 8.31. The Bertz CT molecular complexity index is 1290. The average Bonchev–Trinajstić information content (AvgIpc) is 2.86. The van der Waals surface area contributed by atoms with Crippen molar-refractivity contribution in [1.82, 2.24) is 0 Å². The lowest BCUT2D eigenvalue weighted by atomic mass is 9.87. The van der Waals surface area contributed by atoms with Crippen molar-refractivity contribution in [1.29, 1.82) is 0 Å². The number of rotatable bonds is 8. The molecule has 0 fully saturated rings. The summed E-state index contributed by atoms with van der Waals surface area (Å²) >= 11 is 0. The van der Waals surface area contributed by atoms with Crippen LogP contribution in [0.1, 0.15) is 54.7 Å². The first-order chi connectivity index (χ1) is 18.7. The third kappa shape index (κ3) is 6.87. The molecule has 4 rings (SSSR count). The lowest BCUT2D eigenvalue weighted by Crippen LogP contribution is -2.51. The molecule has 0 bridgehead atoms. The van der Waals surface area contributed by atoms with Crippen molar-refractivity contribution < 1.29 is 44.9 Å². The van der Waals surface area contributed by atoms with Gasteiger partial charge in [0.15, 0.2) is 0 Å². The summed E-state index contributed by atoms with van der Waals surface area (Å²) in [5.41, 5.74) is -2.00. The summed E-state index contributed by atoms with van der Waals surface area (Å²) in [5, 5.41) is 3.24. The highest BCUT2D eigenvalue weighted by Crippen LogP contribution is 2.45. The van der Waals surface area contributed by atoms with Gasteiger partial charge in [0.2, 0.25) is 0 Å². The molecule has 0 saturated heterocycles. The van der Waals surface area contributed by atoms with Gasteiger partial charge >= 0.3 is 12.4 Å². The highest BCUT2D eigenvalue weighted by molar-refractivity contribution is 5.54. The van der Waals surface area contributed by atoms with Gasteiger partial charge in [-0.25, -0.2) is 4.39 Å². The molecule has 0 amide bonds. The van der Waals surface area contributed by atoms with Gasteiger partial charge in [0, 0.05) is 24.4 Å². The molecule has 1 aliphatic heterocycles. The number of benzene rings is 3. The zero-order chi connectivity index (χ0) is 29.3. The van der Waals surface area contributed by atoms with Crippen LogP contribution in [0.4, 0.5) is 36.4 Å². The van der Waals surface area contributed by atoms with E-state index in [-0.39, 0.29) is 24.1 Å². The molecule has 2 unspecified atom stereocenters. The van der Waals surface area contributed by atoms with Crippen LogP contribution in [-0.4, -0.2) is 18.3 Å². The van der Waals surface area contributed by atoms with Crippen molar-refractivity contribution >= 4 is 5.69 Å². The first kappa shape index (κ1) is 29.7. The molecular formula is C29H28F7NO3. The smallest absolute Gasteiger partial charge is 0.416 e. The molecule has 0 aliphatic carbocycles. The van der Waals surface area contributed by atoms with Crippen molar-refractivity contribution in [2.24, 2.45) is 0 Å². The fourth-order valence-corrected chi connectivity index (χ4v) is 4.58. The summed E-state index contributed by atoms with van der Waals surface area (Å²) in [6.07, 6.45) is -11.5. The molecule has 2 atom stereocenters. The second-order valence-corrected chi connectivity index (χ2v) is 9.96. The van der Waals surface area contributed by atoms with E-state index in [9.17, 15) is 30.7 Å². The average molecular weight is 572 g/mol. The minimum Gasteiger partial charge on any atom is -0.485 e. The van der Waals surface area contributed by atoms with E-state index in [4.69, 9.17) is 14.2 Å². The molecule has 216 valence electrons. The Morgan fingerprint density at radius 3 is 2.02 bits per heavy atom. The molecule has 0 saturated carbocycles. The number of alkyl halides is 6. The normalized spacial score (nSPS) is 18.6. The summed E-state index contributed by atoms with van der Waals surface area (Å²) in [5.74, 6) is 0.164. The van der Waals surface area contributed by atoms with Crippen LogP contribution in [0.25, 0.3) is 0 Å². The molecular weight excluding hydrogens is 543 g/mol. The number of hydrogen-bond acceptors (Lipinski definition) is 4. The maximum Gasteiger partial charge on any atom is 0.416 e. The van der Waals surface area contributed by atoms with Crippen molar-refractivity contribution in [3.63, 3.8) is 0 Å². The molecule has 1 heterocycles. The van der Waals surface area contributed by atoms with E-state index >= 15 is 0 Å². The summed E-state index contributed by atoms with van der Waals surface area (Å²) in [6.45, 7) is 5.31. The Morgan fingerprint density at radius 2 is 1.45 bits per heavy atom. The van der Waals surface area contributed by atoms with Crippen LogP contribution in [0.3, 0.4) is 0 Å². The van der Waals surface area contributed by atoms with Crippen LogP contribution < -0.4 is 10.1 Å². The van der Waals surface area contributed by atoms with Crippen molar-refractivity contribution in [2.45, 2.75) is 64.1 Å². The van der Waals surface area contributed by atoms with Gasteiger partial charge < -0.3 is 19.5 Å². The van der Waals surface area contributed by atoms with E-state index in [1.165, 1.54) is 12.1 Å². The molecule has 11 heteroatoms. The Kier molecular flexibility index (Phi) is 8.37. The number of hydrogen-bond donors (Lipinski definition) is 1. The van der Waals surface area contributed by atoms with Crippen LogP contribution in [0.15, 0.2) is 60.7 Å². The van der Waals surface area contributed by atoms with Crippen molar-refractivity contribution in [2.75, 3.05) is 11.9 Å². The SMILES string of the molecule is CCOC1c2cc(NCc3ccc(F)cc3)ccc2OC(C)(C)C1OCc1cc(C(F)(F)F)cc(C(F)(F)F)c1. The second-order valence-electron chi connectivity index (χ2n) is 9.96. The third-order valence-electron chi connectivity index (χ3n) is 6.48. The molecule has 1 aliphatic rings. The van der Waals surface area contributed by atoms with E-state index in [2.05, 4.69) is 5.32 Å². The van der Waals surface area contributed by atoms with Crippen LogP contribution in [0.5, 0.6) is 5.75 Å². The summed E-state index contributed by atoms with van der Waals surface area (Å²) < 4.78 is 111. The molecule has 0 radical (unpaired) electrons. The molecule has 0 spiro atoms. The minimum absolute atomic E-state index is 0.0802. The quantitative estimate of drug-likeness (QED) is 0.276. The van der Waals surface area contributed by atoms with Gasteiger partial charge in [-0.3, -0.25) is 0 Å². The van der Waals surface area contributed by atoms with Gasteiger partial charge in [-0.05, 0) is 80.4 Å². The number of fused-ring (bicyclic) bond motifs is 1. The molecule has 3 aromatic carbocycles. The number of halogens is 7. The van der Waals surface area contributed by atoms with Crippen LogP contribution >= 0.6 is 0 Å². The molecule has 4 nitrogen and oxygen atoms in total. The molecule has 40 heavy (non-hydrogen) atoms. The van der Waals surface area contributed by atoms with Crippen LogP contribution in [0.2, 0.25) is 0 Å². The van der Waals surface area contributed by atoms with Crippen molar-refractivity contribution in [3.8, 4) is 5.75 Å². The van der Waals surface area contributed by atoms with Gasteiger partial charge in [0.25, 0.3) is 0 Å². The van der Waals surface area contributed by atoms with E-state index in [0.29, 0.717) is 35.7 Å². The Balaban J connectivity index is 1.60. The zero-order valence-corrected chi connectivity index (χ0v) is 21.9. The van der Waals surface area contributed by atoms with Crippen molar-refractivity contribution in [3.05, 3.63) is 94.3 Å². The monoisotopic (exact) mass is 571 g/mol. The second kappa shape index (κ2) is 11.3. The zero-order valence-electron chi connectivity index (χ0n) is 21.9.